The van der Waals surface area contributed by atoms with Gasteiger partial charge < -0.3 is 0 Å². The number of hydrogen-bond acceptors (Lipinski definition) is 0. The Labute approximate surface area is 106 Å². The molecule has 1 aromatic carbocycles. The molecule has 0 bridgehead atoms. The molecule has 2 rings (SSSR count). The minimum atomic E-state index is 0.344. The lowest BCUT2D eigenvalue weighted by molar-refractivity contribution is 0.235. The molecule has 1 aliphatic rings. The van der Waals surface area contributed by atoms with Crippen molar-refractivity contribution in [1.29, 1.82) is 0 Å². The zero-order chi connectivity index (χ0) is 12.5. The van der Waals surface area contributed by atoms with Gasteiger partial charge in [0, 0.05) is 0 Å². The molecule has 0 saturated heterocycles. The van der Waals surface area contributed by atoms with Crippen molar-refractivity contribution in [3.05, 3.63) is 34.9 Å². The summed E-state index contributed by atoms with van der Waals surface area (Å²) in [5.41, 5.74) is 4.78. The van der Waals surface area contributed by atoms with Crippen molar-refractivity contribution in [2.24, 2.45) is 5.92 Å². The Kier molecular flexibility index (Phi) is 3.61. The van der Waals surface area contributed by atoms with Gasteiger partial charge in [-0.3, -0.25) is 0 Å². The van der Waals surface area contributed by atoms with E-state index in [0.717, 1.165) is 5.92 Å². The highest BCUT2D eigenvalue weighted by Gasteiger charge is 2.33. The Morgan fingerprint density at radius 1 is 1.00 bits per heavy atom. The van der Waals surface area contributed by atoms with Gasteiger partial charge in [-0.15, -0.1) is 0 Å². The zero-order valence-electron chi connectivity index (χ0n) is 11.8. The molecule has 1 fully saturated rings. The molecular weight excluding hydrogens is 204 g/mol. The van der Waals surface area contributed by atoms with E-state index in [2.05, 4.69) is 45.9 Å². The number of rotatable bonds is 2. The first-order valence-corrected chi connectivity index (χ1v) is 7.09. The Balaban J connectivity index is 2.32. The standard InChI is InChI=1S/C17H26/c1-13-10-11-14(2)16(12-13)17(3,4)15-8-6-5-7-9-15/h10-12,15H,5-9H2,1-4H3. The first-order chi connectivity index (χ1) is 8.01. The average molecular weight is 230 g/mol. The van der Waals surface area contributed by atoms with Crippen LogP contribution in [-0.2, 0) is 5.41 Å². The van der Waals surface area contributed by atoms with Crippen molar-refractivity contribution in [3.63, 3.8) is 0 Å². The van der Waals surface area contributed by atoms with Gasteiger partial charge in [0.15, 0.2) is 0 Å². The molecule has 0 atom stereocenters. The SMILES string of the molecule is Cc1ccc(C)c(C(C)(C)C2CCCCC2)c1. The normalized spacial score (nSPS) is 18.4. The van der Waals surface area contributed by atoms with Crippen LogP contribution in [0.4, 0.5) is 0 Å². The Bertz CT molecular complexity index is 381. The molecular formula is C17H26. The second-order valence-corrected chi connectivity index (χ2v) is 6.37. The van der Waals surface area contributed by atoms with Gasteiger partial charge in [0.05, 0.1) is 0 Å². The van der Waals surface area contributed by atoms with Gasteiger partial charge in [0.1, 0.15) is 0 Å². The summed E-state index contributed by atoms with van der Waals surface area (Å²) in [6.07, 6.45) is 7.14. The smallest absolute Gasteiger partial charge is 0.00726 e. The van der Waals surface area contributed by atoms with E-state index in [-0.39, 0.29) is 0 Å². The van der Waals surface area contributed by atoms with E-state index in [1.807, 2.05) is 0 Å². The van der Waals surface area contributed by atoms with Crippen LogP contribution < -0.4 is 0 Å². The summed E-state index contributed by atoms with van der Waals surface area (Å²) in [5, 5.41) is 0. The largest absolute Gasteiger partial charge is 0.0590 e. The molecule has 0 heterocycles. The lowest BCUT2D eigenvalue weighted by Gasteiger charge is -2.38. The van der Waals surface area contributed by atoms with E-state index < -0.39 is 0 Å². The molecule has 0 unspecified atom stereocenters. The minimum Gasteiger partial charge on any atom is -0.0590 e. The van der Waals surface area contributed by atoms with E-state index in [4.69, 9.17) is 0 Å². The first-order valence-electron chi connectivity index (χ1n) is 7.09. The molecule has 0 N–H and O–H groups in total. The lowest BCUT2D eigenvalue weighted by Crippen LogP contribution is -2.31. The first kappa shape index (κ1) is 12.7. The molecule has 1 aromatic rings. The summed E-state index contributed by atoms with van der Waals surface area (Å²) in [4.78, 5) is 0. The zero-order valence-corrected chi connectivity index (χ0v) is 11.8. The molecule has 94 valence electrons. The molecule has 1 aliphatic carbocycles. The lowest BCUT2D eigenvalue weighted by atomic mass is 9.66. The predicted octanol–water partition coefficient (Wildman–Crippen LogP) is 5.16. The number of aryl methyl sites for hydroxylation is 2. The summed E-state index contributed by atoms with van der Waals surface area (Å²) >= 11 is 0. The third-order valence-corrected chi connectivity index (χ3v) is 4.71. The van der Waals surface area contributed by atoms with Gasteiger partial charge in [0.2, 0.25) is 0 Å². The van der Waals surface area contributed by atoms with Crippen LogP contribution >= 0.6 is 0 Å². The Morgan fingerprint density at radius 3 is 2.29 bits per heavy atom. The van der Waals surface area contributed by atoms with Crippen molar-refractivity contribution < 1.29 is 0 Å². The summed E-state index contributed by atoms with van der Waals surface area (Å²) < 4.78 is 0. The fourth-order valence-corrected chi connectivity index (χ4v) is 3.47. The van der Waals surface area contributed by atoms with Crippen molar-refractivity contribution in [2.75, 3.05) is 0 Å². The van der Waals surface area contributed by atoms with E-state index in [1.54, 1.807) is 5.56 Å². The van der Waals surface area contributed by atoms with Crippen LogP contribution in [0.3, 0.4) is 0 Å². The van der Waals surface area contributed by atoms with Crippen LogP contribution in [0.25, 0.3) is 0 Å². The summed E-state index contributed by atoms with van der Waals surface area (Å²) in [5.74, 6) is 0.872. The summed E-state index contributed by atoms with van der Waals surface area (Å²) in [6.45, 7) is 9.37. The van der Waals surface area contributed by atoms with E-state index >= 15 is 0 Å². The number of benzene rings is 1. The van der Waals surface area contributed by atoms with Gasteiger partial charge >= 0.3 is 0 Å². The summed E-state index contributed by atoms with van der Waals surface area (Å²) in [7, 11) is 0. The van der Waals surface area contributed by atoms with Crippen LogP contribution in [0.2, 0.25) is 0 Å². The maximum absolute atomic E-state index is 2.45. The molecule has 0 nitrogen and oxygen atoms in total. The van der Waals surface area contributed by atoms with Gasteiger partial charge in [-0.25, -0.2) is 0 Å². The maximum atomic E-state index is 2.45. The maximum Gasteiger partial charge on any atom is -0.00726 e. The van der Waals surface area contributed by atoms with Crippen molar-refractivity contribution in [2.45, 2.75) is 65.2 Å². The Hall–Kier alpha value is -0.780. The van der Waals surface area contributed by atoms with Gasteiger partial charge in [-0.2, -0.15) is 0 Å². The number of hydrogen-bond donors (Lipinski definition) is 0. The average Bonchev–Trinajstić information content (AvgIpc) is 2.33. The fourth-order valence-electron chi connectivity index (χ4n) is 3.47. The van der Waals surface area contributed by atoms with E-state index in [0.29, 0.717) is 5.41 Å². The van der Waals surface area contributed by atoms with Crippen LogP contribution in [0.1, 0.15) is 62.6 Å². The summed E-state index contributed by atoms with van der Waals surface area (Å²) in [6, 6.07) is 6.93. The highest BCUT2D eigenvalue weighted by atomic mass is 14.4. The van der Waals surface area contributed by atoms with Crippen molar-refractivity contribution in [1.82, 2.24) is 0 Å². The van der Waals surface area contributed by atoms with Crippen molar-refractivity contribution >= 4 is 0 Å². The predicted molar refractivity (Wildman–Crippen MR) is 75.5 cm³/mol. The quantitative estimate of drug-likeness (QED) is 0.658. The van der Waals surface area contributed by atoms with Crippen LogP contribution in [0.15, 0.2) is 18.2 Å². The molecule has 0 aliphatic heterocycles. The van der Waals surface area contributed by atoms with Crippen molar-refractivity contribution in [3.8, 4) is 0 Å². The van der Waals surface area contributed by atoms with E-state index in [1.165, 1.54) is 43.2 Å². The third-order valence-electron chi connectivity index (χ3n) is 4.71. The molecule has 0 heteroatoms. The second-order valence-electron chi connectivity index (χ2n) is 6.37. The van der Waals surface area contributed by atoms with Gasteiger partial charge in [-0.1, -0.05) is 56.9 Å². The minimum absolute atomic E-state index is 0.344. The van der Waals surface area contributed by atoms with Crippen LogP contribution in [0, 0.1) is 19.8 Å². The highest BCUT2D eigenvalue weighted by Crippen LogP contribution is 2.41. The molecule has 0 amide bonds. The molecule has 0 radical (unpaired) electrons. The third kappa shape index (κ3) is 2.56. The van der Waals surface area contributed by atoms with Crippen LogP contribution in [-0.4, -0.2) is 0 Å². The van der Waals surface area contributed by atoms with Gasteiger partial charge in [-0.05, 0) is 49.1 Å². The monoisotopic (exact) mass is 230 g/mol. The molecule has 1 saturated carbocycles. The van der Waals surface area contributed by atoms with E-state index in [9.17, 15) is 0 Å². The highest BCUT2D eigenvalue weighted by molar-refractivity contribution is 5.36. The molecule has 17 heavy (non-hydrogen) atoms. The molecule has 0 aromatic heterocycles. The molecule has 0 spiro atoms. The van der Waals surface area contributed by atoms with Gasteiger partial charge in [0.25, 0.3) is 0 Å². The fraction of sp³-hybridized carbons (Fsp3) is 0.647. The second kappa shape index (κ2) is 4.84. The Morgan fingerprint density at radius 2 is 1.65 bits per heavy atom. The topological polar surface area (TPSA) is 0 Å². The van der Waals surface area contributed by atoms with Crippen LogP contribution in [0.5, 0.6) is 0 Å².